The summed E-state index contributed by atoms with van der Waals surface area (Å²) in [6, 6.07) is 1.74. The molecule has 142 valence electrons. The van der Waals surface area contributed by atoms with E-state index in [1.165, 1.54) is 12.4 Å². The number of hydrogen-bond acceptors (Lipinski definition) is 6. The van der Waals surface area contributed by atoms with Crippen molar-refractivity contribution >= 4 is 28.7 Å². The first-order chi connectivity index (χ1) is 12.8. The fraction of sp³-hybridized carbons (Fsp3) is 0.375. The molecule has 0 amide bonds. The van der Waals surface area contributed by atoms with Gasteiger partial charge in [0.25, 0.3) is 0 Å². The Kier molecular flexibility index (Phi) is 4.01. The maximum Gasteiger partial charge on any atom is 0.408 e. The van der Waals surface area contributed by atoms with Gasteiger partial charge in [0.05, 0.1) is 11.7 Å². The van der Waals surface area contributed by atoms with Crippen LogP contribution in [-0.4, -0.2) is 50.0 Å². The van der Waals surface area contributed by atoms with Crippen molar-refractivity contribution in [1.29, 1.82) is 0 Å². The number of halogens is 3. The number of rotatable bonds is 4. The zero-order chi connectivity index (χ0) is 19.2. The molecule has 1 aliphatic rings. The second-order valence-corrected chi connectivity index (χ2v) is 6.37. The number of aromatic nitrogens is 5. The Hall–Kier alpha value is -3.11. The van der Waals surface area contributed by atoms with Crippen molar-refractivity contribution < 1.29 is 18.0 Å². The third-order valence-electron chi connectivity index (χ3n) is 4.28. The van der Waals surface area contributed by atoms with Crippen LogP contribution >= 0.6 is 0 Å². The number of hydrogen-bond donors (Lipinski definition) is 1. The predicted octanol–water partition coefficient (Wildman–Crippen LogP) is 2.28. The van der Waals surface area contributed by atoms with E-state index in [-0.39, 0.29) is 12.5 Å². The summed E-state index contributed by atoms with van der Waals surface area (Å²) >= 11 is 0. The molecule has 3 aromatic rings. The van der Waals surface area contributed by atoms with Crippen LogP contribution in [0.5, 0.6) is 0 Å². The minimum atomic E-state index is -4.32. The molecule has 0 saturated carbocycles. The molecule has 1 aliphatic heterocycles. The highest BCUT2D eigenvalue weighted by Gasteiger charge is 2.28. The van der Waals surface area contributed by atoms with Crippen LogP contribution in [0.1, 0.15) is 16.8 Å². The van der Waals surface area contributed by atoms with Crippen molar-refractivity contribution in [2.24, 2.45) is 0 Å². The SMILES string of the molecule is CN1CCC(=O)n2ccc3nc(NCc4cnn(CC(F)(F)F)c4)nc1c32. The molecular weight excluding hydrogens is 363 g/mol. The molecule has 0 radical (unpaired) electrons. The van der Waals surface area contributed by atoms with Crippen LogP contribution in [0.2, 0.25) is 0 Å². The van der Waals surface area contributed by atoms with Crippen molar-refractivity contribution in [2.75, 3.05) is 23.8 Å². The van der Waals surface area contributed by atoms with Crippen LogP contribution in [0.4, 0.5) is 24.9 Å². The van der Waals surface area contributed by atoms with Crippen molar-refractivity contribution in [3.8, 4) is 0 Å². The monoisotopic (exact) mass is 379 g/mol. The lowest BCUT2D eigenvalue weighted by molar-refractivity contribution is -0.142. The minimum absolute atomic E-state index is 0.0167. The normalized spacial score (nSPS) is 14.7. The molecule has 0 atom stereocenters. The molecule has 0 unspecified atom stereocenters. The largest absolute Gasteiger partial charge is 0.408 e. The Balaban J connectivity index is 1.56. The molecule has 4 heterocycles. The van der Waals surface area contributed by atoms with Crippen LogP contribution in [0.3, 0.4) is 0 Å². The van der Waals surface area contributed by atoms with Gasteiger partial charge in [-0.1, -0.05) is 0 Å². The summed E-state index contributed by atoms with van der Waals surface area (Å²) in [6.45, 7) is -0.367. The van der Waals surface area contributed by atoms with E-state index in [9.17, 15) is 18.0 Å². The molecule has 27 heavy (non-hydrogen) atoms. The molecular formula is C16H16F3N7O. The number of anilines is 2. The fourth-order valence-corrected chi connectivity index (χ4v) is 3.02. The highest BCUT2D eigenvalue weighted by Crippen LogP contribution is 2.28. The van der Waals surface area contributed by atoms with Crippen molar-refractivity contribution in [3.05, 3.63) is 30.2 Å². The Labute approximate surface area is 151 Å². The van der Waals surface area contributed by atoms with Crippen LogP contribution in [0.25, 0.3) is 11.0 Å². The zero-order valence-electron chi connectivity index (χ0n) is 14.4. The Morgan fingerprint density at radius 2 is 2.11 bits per heavy atom. The summed E-state index contributed by atoms with van der Waals surface area (Å²) in [4.78, 5) is 22.9. The molecule has 0 bridgehead atoms. The summed E-state index contributed by atoms with van der Waals surface area (Å²) in [6.07, 6.45) is 0.428. The molecule has 8 nitrogen and oxygen atoms in total. The molecule has 4 rings (SSSR count). The summed E-state index contributed by atoms with van der Waals surface area (Å²) < 4.78 is 39.6. The van der Waals surface area contributed by atoms with Gasteiger partial charge in [-0.25, -0.2) is 4.98 Å². The minimum Gasteiger partial charge on any atom is -0.357 e. The summed E-state index contributed by atoms with van der Waals surface area (Å²) in [5.41, 5.74) is 1.86. The fourth-order valence-electron chi connectivity index (χ4n) is 3.02. The maximum atomic E-state index is 12.4. The average Bonchev–Trinajstić information content (AvgIpc) is 3.19. The topological polar surface area (TPSA) is 80.9 Å². The van der Waals surface area contributed by atoms with E-state index in [4.69, 9.17) is 0 Å². The molecule has 0 spiro atoms. The third kappa shape index (κ3) is 3.44. The van der Waals surface area contributed by atoms with Gasteiger partial charge in [0, 0.05) is 44.5 Å². The van der Waals surface area contributed by atoms with Crippen molar-refractivity contribution in [1.82, 2.24) is 24.3 Å². The molecule has 1 N–H and O–H groups in total. The lowest BCUT2D eigenvalue weighted by Crippen LogP contribution is -2.20. The van der Waals surface area contributed by atoms with Crippen LogP contribution in [-0.2, 0) is 13.1 Å². The number of nitrogens with one attached hydrogen (secondary N) is 1. The number of alkyl halides is 3. The van der Waals surface area contributed by atoms with E-state index in [0.717, 1.165) is 4.68 Å². The predicted molar refractivity (Wildman–Crippen MR) is 91.7 cm³/mol. The van der Waals surface area contributed by atoms with Gasteiger partial charge in [0.15, 0.2) is 5.82 Å². The highest BCUT2D eigenvalue weighted by atomic mass is 19.4. The lowest BCUT2D eigenvalue weighted by atomic mass is 10.3. The molecule has 0 aromatic carbocycles. The molecule has 0 saturated heterocycles. The average molecular weight is 379 g/mol. The third-order valence-corrected chi connectivity index (χ3v) is 4.28. The lowest BCUT2D eigenvalue weighted by Gasteiger charge is -2.16. The van der Waals surface area contributed by atoms with E-state index in [0.29, 0.717) is 41.3 Å². The van der Waals surface area contributed by atoms with Crippen molar-refractivity contribution in [2.45, 2.75) is 25.7 Å². The number of carbonyl (C=O) groups excluding carboxylic acids is 1. The van der Waals surface area contributed by atoms with Gasteiger partial charge in [-0.3, -0.25) is 14.0 Å². The van der Waals surface area contributed by atoms with E-state index >= 15 is 0 Å². The Bertz CT molecular complexity index is 1010. The van der Waals surface area contributed by atoms with Crippen LogP contribution in [0.15, 0.2) is 24.7 Å². The van der Waals surface area contributed by atoms with Gasteiger partial charge in [-0.2, -0.15) is 23.3 Å². The molecule has 0 fully saturated rings. The van der Waals surface area contributed by atoms with E-state index in [2.05, 4.69) is 20.4 Å². The first-order valence-corrected chi connectivity index (χ1v) is 8.25. The zero-order valence-corrected chi connectivity index (χ0v) is 14.4. The maximum absolute atomic E-state index is 12.4. The first-order valence-electron chi connectivity index (χ1n) is 8.25. The highest BCUT2D eigenvalue weighted by molar-refractivity contribution is 5.98. The van der Waals surface area contributed by atoms with E-state index in [1.54, 1.807) is 16.8 Å². The van der Waals surface area contributed by atoms with Gasteiger partial charge in [0.1, 0.15) is 12.1 Å². The van der Waals surface area contributed by atoms with Gasteiger partial charge >= 0.3 is 6.18 Å². The summed E-state index contributed by atoms with van der Waals surface area (Å²) in [7, 11) is 1.85. The number of carbonyl (C=O) groups is 1. The molecule has 0 aliphatic carbocycles. The van der Waals surface area contributed by atoms with E-state index < -0.39 is 12.7 Å². The van der Waals surface area contributed by atoms with Gasteiger partial charge < -0.3 is 10.2 Å². The first kappa shape index (κ1) is 17.3. The van der Waals surface area contributed by atoms with Gasteiger partial charge in [-0.15, -0.1) is 0 Å². The standard InChI is InChI=1S/C16H16F3N7O/c1-24-4-3-12(27)26-5-2-11-13(26)14(24)23-15(22-11)20-6-10-7-21-25(8-10)9-16(17,18)19/h2,5,7-8H,3-4,6,9H2,1H3,(H,20,22,23). The van der Waals surface area contributed by atoms with Crippen LogP contribution < -0.4 is 10.2 Å². The van der Waals surface area contributed by atoms with Crippen molar-refractivity contribution in [3.63, 3.8) is 0 Å². The van der Waals surface area contributed by atoms with Crippen LogP contribution in [0, 0.1) is 0 Å². The molecule has 11 heteroatoms. The quantitative estimate of drug-likeness (QED) is 0.749. The smallest absolute Gasteiger partial charge is 0.357 e. The Morgan fingerprint density at radius 1 is 1.30 bits per heavy atom. The van der Waals surface area contributed by atoms with Gasteiger partial charge in [0.2, 0.25) is 11.9 Å². The molecule has 3 aromatic heterocycles. The number of nitrogens with zero attached hydrogens (tertiary/aromatic N) is 6. The second-order valence-electron chi connectivity index (χ2n) is 6.37. The second kappa shape index (κ2) is 6.25. The Morgan fingerprint density at radius 3 is 2.89 bits per heavy atom. The van der Waals surface area contributed by atoms with E-state index in [1.807, 2.05) is 11.9 Å². The van der Waals surface area contributed by atoms with Gasteiger partial charge in [-0.05, 0) is 6.07 Å². The summed E-state index contributed by atoms with van der Waals surface area (Å²) in [5.74, 6) is 0.947. The summed E-state index contributed by atoms with van der Waals surface area (Å²) in [5, 5.41) is 6.72.